The van der Waals surface area contributed by atoms with E-state index in [-0.39, 0.29) is 0 Å². The smallest absolute Gasteiger partial charge is 0.253 e. The Bertz CT molecular complexity index is 891. The zero-order valence-electron chi connectivity index (χ0n) is 15.7. The zero-order chi connectivity index (χ0) is 17.9. The molecule has 1 aliphatic carbocycles. The Balaban J connectivity index is 1.73. The van der Waals surface area contributed by atoms with Crippen molar-refractivity contribution in [3.05, 3.63) is 41.7 Å². The van der Waals surface area contributed by atoms with Crippen LogP contribution in [-0.4, -0.2) is 25.8 Å². The Morgan fingerprint density at radius 2 is 1.69 bits per heavy atom. The van der Waals surface area contributed by atoms with E-state index in [9.17, 15) is 0 Å². The Labute approximate surface area is 154 Å². The van der Waals surface area contributed by atoms with Crippen LogP contribution in [0.3, 0.4) is 0 Å². The highest BCUT2D eigenvalue weighted by atomic mass is 15.4. The van der Waals surface area contributed by atoms with Gasteiger partial charge in [0.25, 0.3) is 5.95 Å². The summed E-state index contributed by atoms with van der Waals surface area (Å²) in [6.45, 7) is 4.04. The van der Waals surface area contributed by atoms with Gasteiger partial charge >= 0.3 is 0 Å². The van der Waals surface area contributed by atoms with Crippen molar-refractivity contribution in [2.24, 2.45) is 0 Å². The molecule has 1 saturated carbocycles. The molecular formula is C21H27N5. The number of hydrogen-bond donors (Lipinski definition) is 1. The van der Waals surface area contributed by atoms with Gasteiger partial charge in [0.15, 0.2) is 0 Å². The van der Waals surface area contributed by atoms with Gasteiger partial charge in [-0.15, -0.1) is 0 Å². The third kappa shape index (κ3) is 3.57. The minimum atomic E-state index is 0.488. The van der Waals surface area contributed by atoms with Crippen molar-refractivity contribution in [2.45, 2.75) is 64.8 Å². The van der Waals surface area contributed by atoms with Crippen molar-refractivity contribution in [2.75, 3.05) is 5.32 Å². The van der Waals surface area contributed by atoms with Gasteiger partial charge in [0, 0.05) is 17.1 Å². The van der Waals surface area contributed by atoms with Crippen molar-refractivity contribution in [1.29, 1.82) is 0 Å². The molecule has 1 aromatic carbocycles. The summed E-state index contributed by atoms with van der Waals surface area (Å²) in [5.41, 5.74) is 2.99. The summed E-state index contributed by atoms with van der Waals surface area (Å²) in [5.74, 6) is 1.58. The molecule has 0 atom stereocenters. The van der Waals surface area contributed by atoms with E-state index in [1.54, 1.807) is 0 Å². The Hall–Kier alpha value is -2.43. The second kappa shape index (κ2) is 7.44. The van der Waals surface area contributed by atoms with E-state index in [1.807, 2.05) is 24.6 Å². The number of fused-ring (bicyclic) bond motifs is 1. The molecule has 3 aromatic rings. The van der Waals surface area contributed by atoms with Crippen molar-refractivity contribution in [3.8, 4) is 5.95 Å². The van der Waals surface area contributed by atoms with Gasteiger partial charge in [-0.25, -0.2) is 9.67 Å². The van der Waals surface area contributed by atoms with E-state index in [0.29, 0.717) is 12.0 Å². The third-order valence-corrected chi connectivity index (χ3v) is 5.24. The Kier molecular flexibility index (Phi) is 4.87. The summed E-state index contributed by atoms with van der Waals surface area (Å²) in [6, 6.07) is 10.8. The molecule has 0 saturated heterocycles. The molecule has 5 heteroatoms. The first kappa shape index (κ1) is 17.0. The quantitative estimate of drug-likeness (QED) is 0.726. The van der Waals surface area contributed by atoms with Crippen LogP contribution in [0.2, 0.25) is 0 Å². The normalized spacial score (nSPS) is 16.4. The van der Waals surface area contributed by atoms with E-state index < -0.39 is 0 Å². The maximum atomic E-state index is 4.87. The van der Waals surface area contributed by atoms with Crippen LogP contribution in [0, 0.1) is 13.8 Å². The predicted octanol–water partition coefficient (Wildman–Crippen LogP) is 4.96. The Morgan fingerprint density at radius 1 is 0.962 bits per heavy atom. The molecule has 4 rings (SSSR count). The van der Waals surface area contributed by atoms with Crippen LogP contribution in [0.25, 0.3) is 16.9 Å². The van der Waals surface area contributed by atoms with Gasteiger partial charge < -0.3 is 5.32 Å². The lowest BCUT2D eigenvalue weighted by molar-refractivity contribution is 0.471. The van der Waals surface area contributed by atoms with Crippen LogP contribution in [0.15, 0.2) is 30.3 Å². The molecule has 0 aliphatic heterocycles. The van der Waals surface area contributed by atoms with E-state index in [4.69, 9.17) is 9.97 Å². The minimum absolute atomic E-state index is 0.488. The summed E-state index contributed by atoms with van der Waals surface area (Å²) in [4.78, 5) is 9.63. The lowest BCUT2D eigenvalue weighted by Gasteiger charge is -2.22. The highest BCUT2D eigenvalue weighted by Crippen LogP contribution is 2.26. The molecule has 0 bridgehead atoms. The molecule has 0 spiro atoms. The van der Waals surface area contributed by atoms with Crippen molar-refractivity contribution in [1.82, 2.24) is 19.7 Å². The molecule has 0 amide bonds. The number of para-hydroxylation sites is 1. The molecule has 2 aromatic heterocycles. The lowest BCUT2D eigenvalue weighted by atomic mass is 9.96. The summed E-state index contributed by atoms with van der Waals surface area (Å²) in [6.07, 6.45) is 9.10. The molecule has 1 fully saturated rings. The van der Waals surface area contributed by atoms with Crippen molar-refractivity contribution in [3.63, 3.8) is 0 Å². The molecule has 136 valence electrons. The molecule has 0 unspecified atom stereocenters. The summed E-state index contributed by atoms with van der Waals surface area (Å²) in [7, 11) is 0. The topological polar surface area (TPSA) is 55.6 Å². The molecule has 5 nitrogen and oxygen atoms in total. The van der Waals surface area contributed by atoms with Crippen LogP contribution < -0.4 is 5.32 Å². The number of nitrogens with one attached hydrogen (secondary N) is 1. The van der Waals surface area contributed by atoms with E-state index >= 15 is 0 Å². The van der Waals surface area contributed by atoms with Crippen molar-refractivity contribution < 1.29 is 0 Å². The molecule has 1 aliphatic rings. The Morgan fingerprint density at radius 3 is 2.42 bits per heavy atom. The SMILES string of the molecule is Cc1cc(C)n(-c2nc(NC3CCCCCCC3)c3ccccc3n2)n1. The molecule has 0 radical (unpaired) electrons. The average Bonchev–Trinajstić information content (AvgIpc) is 2.95. The number of anilines is 1. The second-order valence-electron chi connectivity index (χ2n) is 7.41. The van der Waals surface area contributed by atoms with Gasteiger partial charge in [-0.1, -0.05) is 44.2 Å². The highest BCUT2D eigenvalue weighted by molar-refractivity contribution is 5.89. The van der Waals surface area contributed by atoms with E-state index in [1.165, 1.54) is 44.9 Å². The highest BCUT2D eigenvalue weighted by Gasteiger charge is 2.16. The van der Waals surface area contributed by atoms with Gasteiger partial charge in [0.1, 0.15) is 5.82 Å². The first-order valence-corrected chi connectivity index (χ1v) is 9.78. The summed E-state index contributed by atoms with van der Waals surface area (Å²) in [5, 5.41) is 9.39. The van der Waals surface area contributed by atoms with Crippen LogP contribution in [-0.2, 0) is 0 Å². The van der Waals surface area contributed by atoms with Crippen LogP contribution >= 0.6 is 0 Å². The predicted molar refractivity (Wildman–Crippen MR) is 106 cm³/mol. The van der Waals surface area contributed by atoms with Crippen LogP contribution in [0.1, 0.15) is 56.3 Å². The number of aryl methyl sites for hydroxylation is 2. The maximum Gasteiger partial charge on any atom is 0.253 e. The van der Waals surface area contributed by atoms with Crippen molar-refractivity contribution >= 4 is 16.7 Å². The number of hydrogen-bond acceptors (Lipinski definition) is 4. The number of nitrogens with zero attached hydrogens (tertiary/aromatic N) is 4. The van der Waals surface area contributed by atoms with Gasteiger partial charge in [-0.2, -0.15) is 10.1 Å². The molecule has 1 N–H and O–H groups in total. The fourth-order valence-electron chi connectivity index (χ4n) is 3.89. The van der Waals surface area contributed by atoms with E-state index in [0.717, 1.165) is 28.1 Å². The summed E-state index contributed by atoms with van der Waals surface area (Å²) >= 11 is 0. The number of aromatic nitrogens is 4. The largest absolute Gasteiger partial charge is 0.367 e. The molecule has 2 heterocycles. The second-order valence-corrected chi connectivity index (χ2v) is 7.41. The zero-order valence-corrected chi connectivity index (χ0v) is 15.7. The van der Waals surface area contributed by atoms with Gasteiger partial charge in [-0.05, 0) is 44.9 Å². The van der Waals surface area contributed by atoms with Gasteiger partial charge in [0.05, 0.1) is 11.2 Å². The van der Waals surface area contributed by atoms with Crippen LogP contribution in [0.4, 0.5) is 5.82 Å². The molecule has 26 heavy (non-hydrogen) atoms. The average molecular weight is 349 g/mol. The standard InChI is InChI=1S/C21H27N5/c1-15-14-16(2)26(25-15)21-23-19-13-9-8-12-18(19)20(24-21)22-17-10-6-4-3-5-7-11-17/h8-9,12-14,17H,3-7,10-11H2,1-2H3,(H,22,23,24). The first-order valence-electron chi connectivity index (χ1n) is 9.78. The van der Waals surface area contributed by atoms with Gasteiger partial charge in [-0.3, -0.25) is 0 Å². The third-order valence-electron chi connectivity index (χ3n) is 5.24. The lowest BCUT2D eigenvalue weighted by Crippen LogP contribution is -2.22. The number of rotatable bonds is 3. The molecular weight excluding hydrogens is 322 g/mol. The summed E-state index contributed by atoms with van der Waals surface area (Å²) < 4.78 is 1.84. The van der Waals surface area contributed by atoms with Gasteiger partial charge in [0.2, 0.25) is 0 Å². The minimum Gasteiger partial charge on any atom is -0.367 e. The van der Waals surface area contributed by atoms with Crippen LogP contribution in [0.5, 0.6) is 0 Å². The first-order chi connectivity index (χ1) is 12.7. The van der Waals surface area contributed by atoms with E-state index in [2.05, 4.69) is 34.7 Å². The fourth-order valence-corrected chi connectivity index (χ4v) is 3.89. The fraction of sp³-hybridized carbons (Fsp3) is 0.476. The number of benzene rings is 1. The monoisotopic (exact) mass is 349 g/mol. The maximum absolute atomic E-state index is 4.87.